The Hall–Kier alpha value is -1.16. The van der Waals surface area contributed by atoms with Gasteiger partial charge in [-0.2, -0.15) is 0 Å². The number of hydrogen-bond acceptors (Lipinski definition) is 4. The van der Waals surface area contributed by atoms with E-state index >= 15 is 0 Å². The van der Waals surface area contributed by atoms with Crippen molar-refractivity contribution in [1.82, 2.24) is 9.97 Å². The fourth-order valence-electron chi connectivity index (χ4n) is 1.96. The van der Waals surface area contributed by atoms with Gasteiger partial charge in [-0.3, -0.25) is 0 Å². The first kappa shape index (κ1) is 11.3. The molecule has 0 aliphatic carbocycles. The minimum absolute atomic E-state index is 0.336. The van der Waals surface area contributed by atoms with E-state index in [0.717, 1.165) is 24.6 Å². The molecule has 0 aromatic carbocycles. The molecule has 1 atom stereocenters. The maximum atomic E-state index is 9.92. The first-order chi connectivity index (χ1) is 7.48. The molecule has 0 bridgehead atoms. The number of hydrogen-bond donors (Lipinski definition) is 1. The molecule has 4 nitrogen and oxygen atoms in total. The SMILES string of the molecule is CC(C)c1nccc(N2CCC(C)(O)C2)n1. The van der Waals surface area contributed by atoms with Crippen LogP contribution >= 0.6 is 0 Å². The molecule has 1 aliphatic rings. The van der Waals surface area contributed by atoms with Gasteiger partial charge in [0, 0.05) is 25.2 Å². The Morgan fingerprint density at radius 2 is 2.25 bits per heavy atom. The average Bonchev–Trinajstić information content (AvgIpc) is 2.59. The van der Waals surface area contributed by atoms with E-state index < -0.39 is 5.60 Å². The summed E-state index contributed by atoms with van der Waals surface area (Å²) in [7, 11) is 0. The fraction of sp³-hybridized carbons (Fsp3) is 0.667. The van der Waals surface area contributed by atoms with Crippen LogP contribution in [0.1, 0.15) is 38.9 Å². The molecule has 0 amide bonds. The molecule has 0 saturated carbocycles. The monoisotopic (exact) mass is 221 g/mol. The van der Waals surface area contributed by atoms with Crippen molar-refractivity contribution in [3.8, 4) is 0 Å². The second kappa shape index (κ2) is 4.01. The number of aliphatic hydroxyl groups is 1. The highest BCUT2D eigenvalue weighted by Crippen LogP contribution is 2.25. The predicted molar refractivity (Wildman–Crippen MR) is 63.6 cm³/mol. The van der Waals surface area contributed by atoms with Crippen LogP contribution in [0.2, 0.25) is 0 Å². The topological polar surface area (TPSA) is 49.2 Å². The maximum absolute atomic E-state index is 9.92. The van der Waals surface area contributed by atoms with E-state index in [2.05, 4.69) is 28.7 Å². The lowest BCUT2D eigenvalue weighted by Crippen LogP contribution is -2.30. The molecule has 0 radical (unpaired) electrons. The number of aromatic nitrogens is 2. The number of β-amino-alcohol motifs (C(OH)–C–C–N with tert-alkyl or cyclic N) is 1. The Bertz CT molecular complexity index is 376. The molecule has 1 aliphatic heterocycles. The van der Waals surface area contributed by atoms with E-state index in [1.54, 1.807) is 6.20 Å². The van der Waals surface area contributed by atoms with Crippen molar-refractivity contribution in [1.29, 1.82) is 0 Å². The van der Waals surface area contributed by atoms with Crippen LogP contribution in [0, 0.1) is 0 Å². The highest BCUT2D eigenvalue weighted by atomic mass is 16.3. The zero-order valence-electron chi connectivity index (χ0n) is 10.1. The number of rotatable bonds is 2. The zero-order valence-corrected chi connectivity index (χ0v) is 10.1. The van der Waals surface area contributed by atoms with Crippen molar-refractivity contribution in [2.75, 3.05) is 18.0 Å². The molecule has 2 rings (SSSR count). The van der Waals surface area contributed by atoms with Crippen LogP contribution in [-0.2, 0) is 0 Å². The molecule has 1 fully saturated rings. The Morgan fingerprint density at radius 1 is 1.50 bits per heavy atom. The van der Waals surface area contributed by atoms with Gasteiger partial charge in [0.1, 0.15) is 11.6 Å². The van der Waals surface area contributed by atoms with E-state index in [4.69, 9.17) is 0 Å². The van der Waals surface area contributed by atoms with Gasteiger partial charge in [0.2, 0.25) is 0 Å². The third-order valence-electron chi connectivity index (χ3n) is 2.95. The third-order valence-corrected chi connectivity index (χ3v) is 2.95. The fourth-order valence-corrected chi connectivity index (χ4v) is 1.96. The van der Waals surface area contributed by atoms with Gasteiger partial charge in [-0.25, -0.2) is 9.97 Å². The van der Waals surface area contributed by atoms with Gasteiger partial charge in [0.25, 0.3) is 0 Å². The third kappa shape index (κ3) is 2.32. The Balaban J connectivity index is 2.19. The molecule has 1 saturated heterocycles. The van der Waals surface area contributed by atoms with Gasteiger partial charge < -0.3 is 10.0 Å². The van der Waals surface area contributed by atoms with E-state index in [1.807, 2.05) is 13.0 Å². The average molecular weight is 221 g/mol. The van der Waals surface area contributed by atoms with Crippen molar-refractivity contribution >= 4 is 5.82 Å². The summed E-state index contributed by atoms with van der Waals surface area (Å²) in [5.74, 6) is 2.13. The molecule has 1 aromatic heterocycles. The molecule has 88 valence electrons. The Morgan fingerprint density at radius 3 is 2.81 bits per heavy atom. The van der Waals surface area contributed by atoms with Crippen molar-refractivity contribution in [2.24, 2.45) is 0 Å². The highest BCUT2D eigenvalue weighted by molar-refractivity contribution is 5.40. The van der Waals surface area contributed by atoms with Gasteiger partial charge in [-0.1, -0.05) is 13.8 Å². The van der Waals surface area contributed by atoms with E-state index in [9.17, 15) is 5.11 Å². The second-order valence-electron chi connectivity index (χ2n) is 5.10. The van der Waals surface area contributed by atoms with E-state index in [-0.39, 0.29) is 0 Å². The summed E-state index contributed by atoms with van der Waals surface area (Å²) in [6, 6.07) is 1.91. The van der Waals surface area contributed by atoms with Crippen molar-refractivity contribution in [2.45, 2.75) is 38.7 Å². The van der Waals surface area contributed by atoms with Crippen LogP contribution in [-0.4, -0.2) is 33.8 Å². The van der Waals surface area contributed by atoms with Gasteiger partial charge in [0.15, 0.2) is 0 Å². The maximum Gasteiger partial charge on any atom is 0.133 e. The van der Waals surface area contributed by atoms with E-state index in [1.165, 1.54) is 0 Å². The van der Waals surface area contributed by atoms with Crippen LogP contribution in [0.25, 0.3) is 0 Å². The Labute approximate surface area is 96.3 Å². The van der Waals surface area contributed by atoms with Crippen molar-refractivity contribution < 1.29 is 5.11 Å². The predicted octanol–water partition coefficient (Wildman–Crippen LogP) is 1.56. The molecule has 1 N–H and O–H groups in total. The molecular formula is C12H19N3O. The molecular weight excluding hydrogens is 202 g/mol. The smallest absolute Gasteiger partial charge is 0.133 e. The summed E-state index contributed by atoms with van der Waals surface area (Å²) in [4.78, 5) is 10.9. The summed E-state index contributed by atoms with van der Waals surface area (Å²) < 4.78 is 0. The van der Waals surface area contributed by atoms with Crippen LogP contribution in [0.3, 0.4) is 0 Å². The first-order valence-electron chi connectivity index (χ1n) is 5.78. The van der Waals surface area contributed by atoms with Crippen LogP contribution in [0.15, 0.2) is 12.3 Å². The summed E-state index contributed by atoms with van der Waals surface area (Å²) in [6.45, 7) is 7.55. The lowest BCUT2D eigenvalue weighted by atomic mass is 10.1. The summed E-state index contributed by atoms with van der Waals surface area (Å²) in [6.07, 6.45) is 2.60. The lowest BCUT2D eigenvalue weighted by molar-refractivity contribution is 0.0839. The number of nitrogens with zero attached hydrogens (tertiary/aromatic N) is 3. The molecule has 16 heavy (non-hydrogen) atoms. The molecule has 4 heteroatoms. The van der Waals surface area contributed by atoms with Crippen molar-refractivity contribution in [3.05, 3.63) is 18.1 Å². The molecule has 1 unspecified atom stereocenters. The Kier molecular flexibility index (Phi) is 2.84. The summed E-state index contributed by atoms with van der Waals surface area (Å²) in [5.41, 5.74) is -0.580. The van der Waals surface area contributed by atoms with Crippen molar-refractivity contribution in [3.63, 3.8) is 0 Å². The highest BCUT2D eigenvalue weighted by Gasteiger charge is 2.32. The summed E-state index contributed by atoms with van der Waals surface area (Å²) >= 11 is 0. The lowest BCUT2D eigenvalue weighted by Gasteiger charge is -2.20. The van der Waals surface area contributed by atoms with Crippen LogP contribution in [0.4, 0.5) is 5.82 Å². The molecule has 0 spiro atoms. The van der Waals surface area contributed by atoms with E-state index in [0.29, 0.717) is 12.5 Å². The largest absolute Gasteiger partial charge is 0.388 e. The minimum Gasteiger partial charge on any atom is -0.388 e. The van der Waals surface area contributed by atoms with Gasteiger partial charge in [0.05, 0.1) is 5.60 Å². The van der Waals surface area contributed by atoms with Gasteiger partial charge in [-0.15, -0.1) is 0 Å². The first-order valence-corrected chi connectivity index (χ1v) is 5.78. The van der Waals surface area contributed by atoms with Gasteiger partial charge in [-0.05, 0) is 19.4 Å². The molecule has 1 aromatic rings. The normalized spacial score (nSPS) is 25.4. The van der Waals surface area contributed by atoms with Gasteiger partial charge >= 0.3 is 0 Å². The molecule has 2 heterocycles. The standard InChI is InChI=1S/C12H19N3O/c1-9(2)11-13-6-4-10(14-11)15-7-5-12(3,16)8-15/h4,6,9,16H,5,7-8H2,1-3H3. The quantitative estimate of drug-likeness (QED) is 0.823. The van der Waals surface area contributed by atoms with Crippen LogP contribution < -0.4 is 4.90 Å². The zero-order chi connectivity index (χ0) is 11.8. The summed E-state index contributed by atoms with van der Waals surface area (Å²) in [5, 5.41) is 9.92. The minimum atomic E-state index is -0.580. The van der Waals surface area contributed by atoms with Crippen LogP contribution in [0.5, 0.6) is 0 Å². The second-order valence-corrected chi connectivity index (χ2v) is 5.10. The number of anilines is 1.